The largest absolute Gasteiger partial charge is 0.494 e. The fraction of sp³-hybridized carbons (Fsp3) is 0.316. The molecular weight excluding hydrogens is 293 g/mol. The molecule has 0 fully saturated rings. The van der Waals surface area contributed by atoms with E-state index in [-0.39, 0.29) is 5.82 Å². The number of benzene rings is 2. The quantitative estimate of drug-likeness (QED) is 0.835. The number of aryl methyl sites for hydroxylation is 1. The normalized spacial score (nSPS) is 15.4. The second-order valence-electron chi connectivity index (χ2n) is 6.06. The number of nitrogens with zero attached hydrogens (tertiary/aromatic N) is 1. The molecule has 0 radical (unpaired) electrons. The highest BCUT2D eigenvalue weighted by atomic mass is 19.1. The number of halogens is 1. The van der Waals surface area contributed by atoms with Crippen LogP contribution >= 0.6 is 0 Å². The van der Waals surface area contributed by atoms with Gasteiger partial charge in [-0.3, -0.25) is 0 Å². The highest BCUT2D eigenvalue weighted by molar-refractivity contribution is 6.16. The molecule has 120 valence electrons. The first kappa shape index (κ1) is 15.5. The molecule has 1 aliphatic heterocycles. The lowest BCUT2D eigenvalue weighted by Crippen LogP contribution is -2.33. The summed E-state index contributed by atoms with van der Waals surface area (Å²) in [5.74, 6) is 1.26. The summed E-state index contributed by atoms with van der Waals surface area (Å²) in [7, 11) is 0. The minimum Gasteiger partial charge on any atom is -0.494 e. The topological polar surface area (TPSA) is 30.8 Å². The van der Waals surface area contributed by atoms with Gasteiger partial charge in [-0.1, -0.05) is 0 Å². The molecule has 1 heterocycles. The first-order valence-electron chi connectivity index (χ1n) is 7.72. The molecule has 2 aromatic carbocycles. The molecule has 1 aliphatic rings. The SMILES string of the molecule is CCOc1cc(C)c2c(c1)OC(C)(C)N=C2c1ccc(F)cc1. The summed E-state index contributed by atoms with van der Waals surface area (Å²) in [6.07, 6.45) is 0. The van der Waals surface area contributed by atoms with Gasteiger partial charge in [0, 0.05) is 17.2 Å². The molecule has 0 bridgehead atoms. The molecule has 0 aliphatic carbocycles. The van der Waals surface area contributed by atoms with Crippen LogP contribution in [0, 0.1) is 12.7 Å². The van der Waals surface area contributed by atoms with Crippen molar-refractivity contribution in [1.82, 2.24) is 0 Å². The van der Waals surface area contributed by atoms with Gasteiger partial charge in [0.05, 0.1) is 12.3 Å². The molecule has 0 N–H and O–H groups in total. The van der Waals surface area contributed by atoms with E-state index >= 15 is 0 Å². The maximum Gasteiger partial charge on any atom is 0.195 e. The van der Waals surface area contributed by atoms with E-state index in [9.17, 15) is 4.39 Å². The molecule has 23 heavy (non-hydrogen) atoms. The summed E-state index contributed by atoms with van der Waals surface area (Å²) in [6.45, 7) is 8.36. The first-order chi connectivity index (χ1) is 10.9. The molecule has 0 spiro atoms. The molecule has 0 saturated carbocycles. The second-order valence-corrected chi connectivity index (χ2v) is 6.06. The predicted octanol–water partition coefficient (Wildman–Crippen LogP) is 4.50. The van der Waals surface area contributed by atoms with Crippen LogP contribution in [0.25, 0.3) is 0 Å². The van der Waals surface area contributed by atoms with Gasteiger partial charge in [0.2, 0.25) is 0 Å². The van der Waals surface area contributed by atoms with Crippen LogP contribution in [-0.2, 0) is 0 Å². The van der Waals surface area contributed by atoms with Crippen molar-refractivity contribution in [2.24, 2.45) is 4.99 Å². The molecule has 3 nitrogen and oxygen atoms in total. The third kappa shape index (κ3) is 3.07. The molecule has 0 aromatic heterocycles. The van der Waals surface area contributed by atoms with Gasteiger partial charge in [-0.25, -0.2) is 9.38 Å². The van der Waals surface area contributed by atoms with E-state index in [0.717, 1.165) is 33.9 Å². The molecule has 4 heteroatoms. The Morgan fingerprint density at radius 2 is 1.87 bits per heavy atom. The van der Waals surface area contributed by atoms with Crippen LogP contribution in [-0.4, -0.2) is 18.0 Å². The summed E-state index contributed by atoms with van der Waals surface area (Å²) >= 11 is 0. The molecule has 0 amide bonds. The molecule has 2 aromatic rings. The van der Waals surface area contributed by atoms with Crippen LogP contribution in [0.1, 0.15) is 37.5 Å². The van der Waals surface area contributed by atoms with Crippen LogP contribution < -0.4 is 9.47 Å². The fourth-order valence-electron chi connectivity index (χ4n) is 2.79. The molecule has 0 saturated heterocycles. The Bertz CT molecular complexity index is 764. The van der Waals surface area contributed by atoms with Crippen molar-refractivity contribution in [2.45, 2.75) is 33.4 Å². The Hall–Kier alpha value is -2.36. The average molecular weight is 313 g/mol. The minimum atomic E-state index is -0.687. The molecular formula is C19H20FNO2. The van der Waals surface area contributed by atoms with E-state index in [2.05, 4.69) is 0 Å². The van der Waals surface area contributed by atoms with Gasteiger partial charge in [0.25, 0.3) is 0 Å². The average Bonchev–Trinajstić information content (AvgIpc) is 2.46. The number of hydrogen-bond acceptors (Lipinski definition) is 3. The third-order valence-electron chi connectivity index (χ3n) is 3.68. The van der Waals surface area contributed by atoms with Crippen LogP contribution in [0.3, 0.4) is 0 Å². The Labute approximate surface area is 135 Å². The van der Waals surface area contributed by atoms with Crippen molar-refractivity contribution in [1.29, 1.82) is 0 Å². The van der Waals surface area contributed by atoms with Crippen molar-refractivity contribution in [2.75, 3.05) is 6.61 Å². The summed E-state index contributed by atoms with van der Waals surface area (Å²) in [6, 6.07) is 10.3. The number of hydrogen-bond donors (Lipinski definition) is 0. The van der Waals surface area contributed by atoms with Gasteiger partial charge in [0.1, 0.15) is 17.3 Å². The summed E-state index contributed by atoms with van der Waals surface area (Å²) in [5.41, 5.74) is 2.95. The van der Waals surface area contributed by atoms with Crippen molar-refractivity contribution >= 4 is 5.71 Å². The maximum atomic E-state index is 13.2. The van der Waals surface area contributed by atoms with Gasteiger partial charge in [-0.05, 0) is 63.6 Å². The lowest BCUT2D eigenvalue weighted by molar-refractivity contribution is 0.115. The highest BCUT2D eigenvalue weighted by Gasteiger charge is 2.30. The maximum absolute atomic E-state index is 13.2. The summed E-state index contributed by atoms with van der Waals surface area (Å²) < 4.78 is 24.9. The highest BCUT2D eigenvalue weighted by Crippen LogP contribution is 2.37. The van der Waals surface area contributed by atoms with Crippen LogP contribution in [0.4, 0.5) is 4.39 Å². The molecule has 0 atom stereocenters. The van der Waals surface area contributed by atoms with Gasteiger partial charge in [-0.2, -0.15) is 0 Å². The standard InChI is InChI=1S/C19H20FNO2/c1-5-22-15-10-12(2)17-16(11-15)23-19(3,4)21-18(17)13-6-8-14(20)9-7-13/h6-11H,5H2,1-4H3. The zero-order chi connectivity index (χ0) is 16.6. The lowest BCUT2D eigenvalue weighted by Gasteiger charge is -2.31. The number of ether oxygens (including phenoxy) is 2. The fourth-order valence-corrected chi connectivity index (χ4v) is 2.79. The van der Waals surface area contributed by atoms with Gasteiger partial charge >= 0.3 is 0 Å². The zero-order valence-corrected chi connectivity index (χ0v) is 13.8. The van der Waals surface area contributed by atoms with Crippen molar-refractivity contribution < 1.29 is 13.9 Å². The first-order valence-corrected chi connectivity index (χ1v) is 7.72. The predicted molar refractivity (Wildman–Crippen MR) is 89.1 cm³/mol. The van der Waals surface area contributed by atoms with Gasteiger partial charge in [0.15, 0.2) is 5.72 Å². The summed E-state index contributed by atoms with van der Waals surface area (Å²) in [4.78, 5) is 4.72. The Balaban J connectivity index is 2.17. The lowest BCUT2D eigenvalue weighted by atomic mass is 9.95. The van der Waals surface area contributed by atoms with Crippen molar-refractivity contribution in [3.05, 3.63) is 58.9 Å². The Kier molecular flexibility index (Phi) is 3.84. The third-order valence-corrected chi connectivity index (χ3v) is 3.68. The molecule has 3 rings (SSSR count). The van der Waals surface area contributed by atoms with E-state index in [0.29, 0.717) is 6.61 Å². The Morgan fingerprint density at radius 1 is 1.17 bits per heavy atom. The van der Waals surface area contributed by atoms with Crippen LogP contribution in [0.5, 0.6) is 11.5 Å². The number of aliphatic imine (C=N–C) groups is 1. The van der Waals surface area contributed by atoms with E-state index < -0.39 is 5.72 Å². The van der Waals surface area contributed by atoms with E-state index in [1.165, 1.54) is 12.1 Å². The second kappa shape index (κ2) is 5.69. The minimum absolute atomic E-state index is 0.260. The van der Waals surface area contributed by atoms with E-state index in [4.69, 9.17) is 14.5 Å². The van der Waals surface area contributed by atoms with Crippen LogP contribution in [0.15, 0.2) is 41.4 Å². The van der Waals surface area contributed by atoms with Crippen molar-refractivity contribution in [3.63, 3.8) is 0 Å². The monoisotopic (exact) mass is 313 g/mol. The zero-order valence-electron chi connectivity index (χ0n) is 13.8. The smallest absolute Gasteiger partial charge is 0.195 e. The van der Waals surface area contributed by atoms with E-state index in [1.807, 2.05) is 39.8 Å². The van der Waals surface area contributed by atoms with Crippen molar-refractivity contribution in [3.8, 4) is 11.5 Å². The number of fused-ring (bicyclic) bond motifs is 1. The Morgan fingerprint density at radius 3 is 2.52 bits per heavy atom. The van der Waals surface area contributed by atoms with Crippen LogP contribution in [0.2, 0.25) is 0 Å². The number of rotatable bonds is 3. The summed E-state index contributed by atoms with van der Waals surface area (Å²) in [5, 5.41) is 0. The molecule has 0 unspecified atom stereocenters. The van der Waals surface area contributed by atoms with Gasteiger partial charge < -0.3 is 9.47 Å². The van der Waals surface area contributed by atoms with E-state index in [1.54, 1.807) is 12.1 Å². The van der Waals surface area contributed by atoms with Gasteiger partial charge in [-0.15, -0.1) is 0 Å².